The molecule has 4 heteroatoms. The van der Waals surface area contributed by atoms with Crippen molar-refractivity contribution in [1.29, 1.82) is 0 Å². The summed E-state index contributed by atoms with van der Waals surface area (Å²) in [5.41, 5.74) is 2.10. The van der Waals surface area contributed by atoms with E-state index in [4.69, 9.17) is 9.47 Å². The van der Waals surface area contributed by atoms with Crippen LogP contribution in [0.4, 0.5) is 0 Å². The minimum absolute atomic E-state index is 0.0271. The van der Waals surface area contributed by atoms with Crippen molar-refractivity contribution >= 4 is 11.9 Å². The highest BCUT2D eigenvalue weighted by molar-refractivity contribution is 5.91. The third kappa shape index (κ3) is 4.85. The summed E-state index contributed by atoms with van der Waals surface area (Å²) in [5.74, 6) is 1.78. The van der Waals surface area contributed by atoms with Gasteiger partial charge < -0.3 is 9.47 Å². The van der Waals surface area contributed by atoms with Gasteiger partial charge >= 0.3 is 11.9 Å². The van der Waals surface area contributed by atoms with E-state index in [-0.39, 0.29) is 17.3 Å². The van der Waals surface area contributed by atoms with Gasteiger partial charge in [0, 0.05) is 10.8 Å². The topological polar surface area (TPSA) is 52.6 Å². The van der Waals surface area contributed by atoms with Gasteiger partial charge in [-0.25, -0.2) is 0 Å². The van der Waals surface area contributed by atoms with Crippen LogP contribution < -0.4 is 0 Å². The Kier molecular flexibility index (Phi) is 7.27. The average Bonchev–Trinajstić information content (AvgIpc) is 3.40. The summed E-state index contributed by atoms with van der Waals surface area (Å²) in [6, 6.07) is 0. The third-order valence-electron chi connectivity index (χ3n) is 17.5. The zero-order valence-electron chi connectivity index (χ0n) is 30.7. The molecule has 2 spiro atoms. The predicted octanol–water partition coefficient (Wildman–Crippen LogP) is 10.4. The zero-order valence-corrected chi connectivity index (χ0v) is 30.7. The first kappa shape index (κ1) is 32.6. The van der Waals surface area contributed by atoms with Crippen molar-refractivity contribution in [3.63, 3.8) is 0 Å². The van der Waals surface area contributed by atoms with E-state index in [0.29, 0.717) is 57.5 Å². The number of esters is 2. The van der Waals surface area contributed by atoms with Crippen LogP contribution in [-0.4, -0.2) is 25.2 Å². The second kappa shape index (κ2) is 10.5. The Morgan fingerprint density at radius 3 is 1.36 bits per heavy atom. The van der Waals surface area contributed by atoms with E-state index in [2.05, 4.69) is 65.8 Å². The minimum atomic E-state index is -0.403. The van der Waals surface area contributed by atoms with E-state index >= 15 is 0 Å². The second-order valence-corrected chi connectivity index (χ2v) is 20.7. The highest BCUT2D eigenvalue weighted by Gasteiger charge is 2.65. The standard InChI is InChI=1S/C43H64O4/c1-36-17-9-32-40(5)15-7-13-38(3,30(40)11-19-42(32,26-36)23-21-36)28-46-34(44)25-35(45)47-29-39(4)14-8-16-41(6)31(39)12-20-43-24-22-37(2,27-43)18-10-33(41)43/h21-24,30-33H,7-20,25-29H2,1-6H3/t30-,31-,32+,33+,36+,37+,38-,39-,40+,41+,42-,43-/m0/s1. The van der Waals surface area contributed by atoms with Crippen molar-refractivity contribution in [1.82, 2.24) is 0 Å². The summed E-state index contributed by atoms with van der Waals surface area (Å²) in [5, 5.41) is 0. The molecule has 6 fully saturated rings. The van der Waals surface area contributed by atoms with Crippen LogP contribution in [0.1, 0.15) is 151 Å². The van der Waals surface area contributed by atoms with E-state index in [1.165, 1.54) is 89.9 Å². The molecule has 0 unspecified atom stereocenters. The first-order valence-corrected chi connectivity index (χ1v) is 19.8. The van der Waals surface area contributed by atoms with E-state index in [1.807, 2.05) is 0 Å². The fourth-order valence-electron chi connectivity index (χ4n) is 15.6. The summed E-state index contributed by atoms with van der Waals surface area (Å²) in [6.07, 6.45) is 30.2. The fourth-order valence-corrected chi connectivity index (χ4v) is 15.6. The number of carbonyl (C=O) groups excluding carboxylic acids is 2. The first-order valence-electron chi connectivity index (χ1n) is 19.8. The van der Waals surface area contributed by atoms with Crippen LogP contribution in [0, 0.1) is 67.0 Å². The largest absolute Gasteiger partial charge is 0.465 e. The average molecular weight is 645 g/mol. The van der Waals surface area contributed by atoms with Crippen LogP contribution in [0.5, 0.6) is 0 Å². The van der Waals surface area contributed by atoms with Gasteiger partial charge in [0.1, 0.15) is 6.42 Å². The molecule has 0 amide bonds. The van der Waals surface area contributed by atoms with E-state index < -0.39 is 11.9 Å². The van der Waals surface area contributed by atoms with Crippen LogP contribution in [-0.2, 0) is 19.1 Å². The molecule has 0 aromatic carbocycles. The smallest absolute Gasteiger partial charge is 0.317 e. The third-order valence-corrected chi connectivity index (χ3v) is 17.5. The number of hydrogen-bond acceptors (Lipinski definition) is 4. The number of hydrogen-bond donors (Lipinski definition) is 0. The van der Waals surface area contributed by atoms with Crippen molar-refractivity contribution in [2.45, 2.75) is 151 Å². The second-order valence-electron chi connectivity index (χ2n) is 20.7. The molecule has 12 atom stereocenters. The Balaban J connectivity index is 0.872. The van der Waals surface area contributed by atoms with Crippen molar-refractivity contribution in [2.75, 3.05) is 13.2 Å². The monoisotopic (exact) mass is 644 g/mol. The SMILES string of the molecule is C[C@]12C=C[C@@]3(CC[C@H]4[C@](C)(COC(=O)CC(=O)OC[C@]5(C)CCC[C@]6(C)[C@H]5CC[C@@]57C=C[C@@](C)(CC[C@@H]56)C7)CCC[C@@]4(C)[C@H]3CC1)C2. The van der Waals surface area contributed by atoms with E-state index in [1.54, 1.807) is 0 Å². The lowest BCUT2D eigenvalue weighted by atomic mass is 9.40. The summed E-state index contributed by atoms with van der Waals surface area (Å²) in [6.45, 7) is 15.7. The molecule has 47 heavy (non-hydrogen) atoms. The van der Waals surface area contributed by atoms with Gasteiger partial charge in [-0.3, -0.25) is 9.59 Å². The van der Waals surface area contributed by atoms with Crippen LogP contribution >= 0.6 is 0 Å². The fraction of sp³-hybridized carbons (Fsp3) is 0.860. The lowest BCUT2D eigenvalue weighted by molar-refractivity contribution is -0.178. The maximum Gasteiger partial charge on any atom is 0.317 e. The van der Waals surface area contributed by atoms with Crippen molar-refractivity contribution < 1.29 is 19.1 Å². The Morgan fingerprint density at radius 2 is 0.936 bits per heavy atom. The van der Waals surface area contributed by atoms with Crippen LogP contribution in [0.3, 0.4) is 0 Å². The van der Waals surface area contributed by atoms with Crippen molar-refractivity contribution in [3.05, 3.63) is 24.3 Å². The van der Waals surface area contributed by atoms with Gasteiger partial charge in [0.2, 0.25) is 0 Å². The molecule has 0 aromatic rings. The summed E-state index contributed by atoms with van der Waals surface area (Å²) in [7, 11) is 0. The summed E-state index contributed by atoms with van der Waals surface area (Å²) in [4.78, 5) is 26.3. The van der Waals surface area contributed by atoms with E-state index in [0.717, 1.165) is 24.7 Å². The number of fused-ring (bicyclic) bond motifs is 6. The lowest BCUT2D eigenvalue weighted by Crippen LogP contribution is -2.58. The molecule has 0 heterocycles. The maximum atomic E-state index is 13.2. The number of ether oxygens (including phenoxy) is 2. The van der Waals surface area contributed by atoms with Crippen molar-refractivity contribution in [3.8, 4) is 0 Å². The minimum Gasteiger partial charge on any atom is -0.465 e. The van der Waals surface area contributed by atoms with Gasteiger partial charge in [-0.2, -0.15) is 0 Å². The molecule has 8 aliphatic rings. The molecule has 4 bridgehead atoms. The van der Waals surface area contributed by atoms with Gasteiger partial charge in [-0.05, 0) is 146 Å². The Bertz CT molecular complexity index is 1280. The highest BCUT2D eigenvalue weighted by Crippen LogP contribution is 2.73. The van der Waals surface area contributed by atoms with E-state index in [9.17, 15) is 9.59 Å². The Labute approximate surface area is 285 Å². The molecule has 8 aliphatic carbocycles. The van der Waals surface area contributed by atoms with Gasteiger partial charge in [-0.15, -0.1) is 0 Å². The molecule has 0 aromatic heterocycles. The number of rotatable bonds is 6. The molecule has 8 rings (SSSR count). The molecule has 0 radical (unpaired) electrons. The number of carbonyl (C=O) groups is 2. The summed E-state index contributed by atoms with van der Waals surface area (Å²) < 4.78 is 12.0. The molecule has 260 valence electrons. The molecule has 6 saturated carbocycles. The normalized spacial score (nSPS) is 53.7. The lowest BCUT2D eigenvalue weighted by Gasteiger charge is -2.64. The molecule has 0 saturated heterocycles. The molecule has 0 aliphatic heterocycles. The van der Waals surface area contributed by atoms with Gasteiger partial charge in [0.05, 0.1) is 13.2 Å². The Morgan fingerprint density at radius 1 is 0.532 bits per heavy atom. The molecular weight excluding hydrogens is 580 g/mol. The van der Waals surface area contributed by atoms with Crippen molar-refractivity contribution in [2.24, 2.45) is 67.0 Å². The first-order chi connectivity index (χ1) is 22.1. The van der Waals surface area contributed by atoms with Gasteiger partial charge in [0.25, 0.3) is 0 Å². The predicted molar refractivity (Wildman–Crippen MR) is 186 cm³/mol. The zero-order chi connectivity index (χ0) is 33.1. The number of allylic oxidation sites excluding steroid dienone is 4. The molecular formula is C43H64O4. The molecule has 4 nitrogen and oxygen atoms in total. The van der Waals surface area contributed by atoms with Crippen LogP contribution in [0.15, 0.2) is 24.3 Å². The Hall–Kier alpha value is -1.58. The van der Waals surface area contributed by atoms with Crippen LogP contribution in [0.25, 0.3) is 0 Å². The molecule has 0 N–H and O–H groups in total. The summed E-state index contributed by atoms with van der Waals surface area (Å²) >= 11 is 0. The quantitative estimate of drug-likeness (QED) is 0.164. The van der Waals surface area contributed by atoms with Crippen LogP contribution in [0.2, 0.25) is 0 Å². The van der Waals surface area contributed by atoms with Gasteiger partial charge in [0.15, 0.2) is 0 Å². The van der Waals surface area contributed by atoms with Gasteiger partial charge in [-0.1, -0.05) is 78.7 Å². The maximum absolute atomic E-state index is 13.2. The highest BCUT2D eigenvalue weighted by atomic mass is 16.6.